The van der Waals surface area contributed by atoms with E-state index >= 15 is 0 Å². The van der Waals surface area contributed by atoms with Crippen molar-refractivity contribution in [2.75, 3.05) is 20.3 Å². The molecule has 0 amide bonds. The first-order valence-electron chi connectivity index (χ1n) is 4.73. The second kappa shape index (κ2) is 6.35. The number of ether oxygens (including phenoxy) is 2. The lowest BCUT2D eigenvalue weighted by Crippen LogP contribution is -2.06. The summed E-state index contributed by atoms with van der Waals surface area (Å²) in [6, 6.07) is 6.63. The zero-order valence-electron chi connectivity index (χ0n) is 8.85. The van der Waals surface area contributed by atoms with Crippen LogP contribution in [0.3, 0.4) is 0 Å². The summed E-state index contributed by atoms with van der Waals surface area (Å²) in [5.74, 6) is -0.398. The third-order valence-corrected chi connectivity index (χ3v) is 2.38. The Hall–Kier alpha value is -1.26. The first kappa shape index (κ1) is 12.8. The van der Waals surface area contributed by atoms with E-state index in [0.717, 1.165) is 0 Å². The van der Waals surface area contributed by atoms with Gasteiger partial charge in [-0.15, -0.1) is 11.6 Å². The SMILES string of the molecule is COCCOc1ccc(C(Cl)C(=O)O)cc1. The summed E-state index contributed by atoms with van der Waals surface area (Å²) in [7, 11) is 1.59. The fourth-order valence-corrected chi connectivity index (χ4v) is 1.26. The number of alkyl halides is 1. The first-order chi connectivity index (χ1) is 7.65. The van der Waals surface area contributed by atoms with Gasteiger partial charge in [0, 0.05) is 7.11 Å². The van der Waals surface area contributed by atoms with Crippen LogP contribution >= 0.6 is 11.6 Å². The molecule has 0 heterocycles. The van der Waals surface area contributed by atoms with Crippen LogP contribution in [-0.4, -0.2) is 31.4 Å². The minimum absolute atomic E-state index is 0.457. The van der Waals surface area contributed by atoms with Gasteiger partial charge in [-0.2, -0.15) is 0 Å². The maximum absolute atomic E-state index is 10.6. The van der Waals surface area contributed by atoms with Crippen molar-refractivity contribution in [1.82, 2.24) is 0 Å². The van der Waals surface area contributed by atoms with Gasteiger partial charge >= 0.3 is 5.97 Å². The average Bonchev–Trinajstić information content (AvgIpc) is 2.29. The highest BCUT2D eigenvalue weighted by Gasteiger charge is 2.15. The number of aliphatic carboxylic acids is 1. The molecule has 1 aromatic carbocycles. The molecule has 0 fully saturated rings. The summed E-state index contributed by atoms with van der Waals surface area (Å²) < 4.78 is 10.2. The van der Waals surface area contributed by atoms with Crippen LogP contribution in [0.25, 0.3) is 0 Å². The van der Waals surface area contributed by atoms with E-state index in [2.05, 4.69) is 0 Å². The molecule has 1 rings (SSSR count). The van der Waals surface area contributed by atoms with Crippen molar-refractivity contribution in [3.63, 3.8) is 0 Å². The molecule has 0 aliphatic carbocycles. The lowest BCUT2D eigenvalue weighted by molar-refractivity contribution is -0.136. The predicted molar refractivity (Wildman–Crippen MR) is 60.0 cm³/mol. The zero-order chi connectivity index (χ0) is 12.0. The van der Waals surface area contributed by atoms with Crippen LogP contribution in [-0.2, 0) is 9.53 Å². The molecule has 0 aromatic heterocycles. The van der Waals surface area contributed by atoms with Crippen molar-refractivity contribution >= 4 is 17.6 Å². The van der Waals surface area contributed by atoms with Crippen LogP contribution in [0.1, 0.15) is 10.9 Å². The lowest BCUT2D eigenvalue weighted by Gasteiger charge is -2.07. The molecule has 5 heteroatoms. The van der Waals surface area contributed by atoms with Crippen molar-refractivity contribution < 1.29 is 19.4 Å². The third kappa shape index (κ3) is 3.72. The van der Waals surface area contributed by atoms with Gasteiger partial charge in [-0.05, 0) is 17.7 Å². The van der Waals surface area contributed by atoms with Gasteiger partial charge < -0.3 is 14.6 Å². The molecule has 0 spiro atoms. The molecule has 1 atom stereocenters. The number of carboxylic acid groups (broad SMARTS) is 1. The fourth-order valence-electron chi connectivity index (χ4n) is 1.12. The highest BCUT2D eigenvalue weighted by Crippen LogP contribution is 2.22. The summed E-state index contributed by atoms with van der Waals surface area (Å²) in [4.78, 5) is 10.6. The highest BCUT2D eigenvalue weighted by atomic mass is 35.5. The van der Waals surface area contributed by atoms with Crippen molar-refractivity contribution in [2.45, 2.75) is 5.38 Å². The summed E-state index contributed by atoms with van der Waals surface area (Å²) in [6.45, 7) is 0.966. The van der Waals surface area contributed by atoms with Crippen LogP contribution in [0.2, 0.25) is 0 Å². The van der Waals surface area contributed by atoms with Crippen molar-refractivity contribution in [3.05, 3.63) is 29.8 Å². The molecule has 88 valence electrons. The number of hydrogen-bond acceptors (Lipinski definition) is 3. The number of rotatable bonds is 6. The highest BCUT2D eigenvalue weighted by molar-refractivity contribution is 6.29. The third-order valence-electron chi connectivity index (χ3n) is 1.95. The molecule has 0 saturated carbocycles. The number of halogens is 1. The second-order valence-corrected chi connectivity index (χ2v) is 3.55. The molecule has 0 aliphatic heterocycles. The molecule has 16 heavy (non-hydrogen) atoms. The Bertz CT molecular complexity index is 336. The van der Waals surface area contributed by atoms with Crippen LogP contribution in [0.5, 0.6) is 5.75 Å². The van der Waals surface area contributed by atoms with Crippen LogP contribution in [0.4, 0.5) is 0 Å². The molecule has 0 aliphatic rings. The van der Waals surface area contributed by atoms with Gasteiger partial charge in [-0.1, -0.05) is 12.1 Å². The van der Waals surface area contributed by atoms with Gasteiger partial charge in [0.25, 0.3) is 0 Å². The number of carboxylic acids is 1. The van der Waals surface area contributed by atoms with E-state index in [1.807, 2.05) is 0 Å². The van der Waals surface area contributed by atoms with E-state index in [1.54, 1.807) is 31.4 Å². The molecule has 1 N–H and O–H groups in total. The standard InChI is InChI=1S/C11H13ClO4/c1-15-6-7-16-9-4-2-8(3-5-9)10(12)11(13)14/h2-5,10H,6-7H2,1H3,(H,13,14). The second-order valence-electron chi connectivity index (χ2n) is 3.11. The van der Waals surface area contributed by atoms with E-state index in [9.17, 15) is 4.79 Å². The van der Waals surface area contributed by atoms with Gasteiger partial charge in [0.15, 0.2) is 5.38 Å². The summed E-state index contributed by atoms with van der Waals surface area (Å²) in [5.41, 5.74) is 0.535. The van der Waals surface area contributed by atoms with Crippen molar-refractivity contribution in [1.29, 1.82) is 0 Å². The Labute approximate surface area is 98.7 Å². The number of carbonyl (C=O) groups is 1. The molecule has 1 unspecified atom stereocenters. The van der Waals surface area contributed by atoms with E-state index in [-0.39, 0.29) is 0 Å². The van der Waals surface area contributed by atoms with Crippen molar-refractivity contribution in [2.24, 2.45) is 0 Å². The average molecular weight is 245 g/mol. The first-order valence-corrected chi connectivity index (χ1v) is 5.17. The van der Waals surface area contributed by atoms with Crippen molar-refractivity contribution in [3.8, 4) is 5.75 Å². The quantitative estimate of drug-likeness (QED) is 0.615. The summed E-state index contributed by atoms with van der Waals surface area (Å²) in [6.07, 6.45) is 0. The zero-order valence-corrected chi connectivity index (χ0v) is 9.61. The molecule has 1 aromatic rings. The Morgan fingerprint density at radius 2 is 2.00 bits per heavy atom. The van der Waals surface area contributed by atoms with E-state index < -0.39 is 11.3 Å². The van der Waals surface area contributed by atoms with Gasteiger partial charge in [0.05, 0.1) is 6.61 Å². The summed E-state index contributed by atoms with van der Waals surface area (Å²) >= 11 is 5.66. The molecule has 0 radical (unpaired) electrons. The topological polar surface area (TPSA) is 55.8 Å². The number of benzene rings is 1. The molecule has 0 bridgehead atoms. The van der Waals surface area contributed by atoms with Gasteiger partial charge in [-0.25, -0.2) is 0 Å². The normalized spacial score (nSPS) is 12.1. The molecular formula is C11H13ClO4. The predicted octanol–water partition coefficient (Wildman–Crippen LogP) is 2.08. The van der Waals surface area contributed by atoms with Gasteiger partial charge in [0.2, 0.25) is 0 Å². The van der Waals surface area contributed by atoms with Gasteiger partial charge in [0.1, 0.15) is 12.4 Å². The minimum atomic E-state index is -1.06. The fraction of sp³-hybridized carbons (Fsp3) is 0.364. The van der Waals surface area contributed by atoms with Gasteiger partial charge in [-0.3, -0.25) is 4.79 Å². The van der Waals surface area contributed by atoms with Crippen LogP contribution < -0.4 is 4.74 Å². The van der Waals surface area contributed by atoms with Crippen LogP contribution in [0.15, 0.2) is 24.3 Å². The Balaban J connectivity index is 2.57. The smallest absolute Gasteiger partial charge is 0.326 e. The Morgan fingerprint density at radius 3 is 2.50 bits per heavy atom. The molecule has 0 saturated heterocycles. The minimum Gasteiger partial charge on any atom is -0.491 e. The maximum Gasteiger partial charge on any atom is 0.326 e. The number of hydrogen-bond donors (Lipinski definition) is 1. The Kier molecular flexibility index (Phi) is 5.08. The monoisotopic (exact) mass is 244 g/mol. The largest absolute Gasteiger partial charge is 0.491 e. The number of methoxy groups -OCH3 is 1. The Morgan fingerprint density at radius 1 is 1.38 bits per heavy atom. The van der Waals surface area contributed by atoms with E-state index in [1.165, 1.54) is 0 Å². The molecular weight excluding hydrogens is 232 g/mol. The lowest BCUT2D eigenvalue weighted by atomic mass is 10.1. The maximum atomic E-state index is 10.6. The van der Waals surface area contributed by atoms with E-state index in [0.29, 0.717) is 24.5 Å². The van der Waals surface area contributed by atoms with E-state index in [4.69, 9.17) is 26.2 Å². The molecule has 4 nitrogen and oxygen atoms in total. The summed E-state index contributed by atoms with van der Waals surface area (Å²) in [5, 5.41) is 7.68. The van der Waals surface area contributed by atoms with Crippen LogP contribution in [0, 0.1) is 0 Å².